The Kier molecular flexibility index (Phi) is 3.86. The van der Waals surface area contributed by atoms with Crippen molar-refractivity contribution in [3.05, 3.63) is 59.7 Å². The number of fused-ring (bicyclic) bond motifs is 1. The first kappa shape index (κ1) is 17.1. The van der Waals surface area contributed by atoms with Gasteiger partial charge in [-0.15, -0.1) is 4.65 Å². The van der Waals surface area contributed by atoms with E-state index in [1.807, 2.05) is 39.1 Å². The third-order valence-electron chi connectivity index (χ3n) is 5.42. The lowest BCUT2D eigenvalue weighted by Gasteiger charge is -2.34. The summed E-state index contributed by atoms with van der Waals surface area (Å²) in [5.74, 6) is 0. The summed E-state index contributed by atoms with van der Waals surface area (Å²) in [5.41, 5.74) is 2.84. The fourth-order valence-corrected chi connectivity index (χ4v) is 4.68. The van der Waals surface area contributed by atoms with Gasteiger partial charge in [0.05, 0.1) is 10.3 Å². The molecule has 0 saturated carbocycles. The number of aryl methyl sites for hydroxylation is 1. The summed E-state index contributed by atoms with van der Waals surface area (Å²) in [6, 6.07) is 14.6. The molecule has 0 amide bonds. The molecular formula is C19H24NO3S+. The Labute approximate surface area is 144 Å². The highest BCUT2D eigenvalue weighted by molar-refractivity contribution is 7.86. The summed E-state index contributed by atoms with van der Waals surface area (Å²) < 4.78 is 31.4. The van der Waals surface area contributed by atoms with E-state index in [0.29, 0.717) is 0 Å². The SMILES string of the molecule is Cc1ccc(S(=O)(=O)O[N+]2(C)c3ccccc3C(C)(C)C2C)cc1. The molecule has 24 heavy (non-hydrogen) atoms. The van der Waals surface area contributed by atoms with Crippen LogP contribution in [0.5, 0.6) is 0 Å². The Bertz CT molecular complexity index is 872. The number of hydrogen-bond acceptors (Lipinski definition) is 3. The molecule has 1 aliphatic heterocycles. The molecular weight excluding hydrogens is 322 g/mol. The fraction of sp³-hybridized carbons (Fsp3) is 0.368. The maximum absolute atomic E-state index is 12.8. The van der Waals surface area contributed by atoms with E-state index in [0.717, 1.165) is 16.8 Å². The van der Waals surface area contributed by atoms with Crippen molar-refractivity contribution >= 4 is 15.8 Å². The second-order valence-corrected chi connectivity index (χ2v) is 8.78. The molecule has 0 radical (unpaired) electrons. The summed E-state index contributed by atoms with van der Waals surface area (Å²) in [7, 11) is -2.05. The number of likely N-dealkylation sites (N-methyl/N-ethyl adjacent to an activating group) is 1. The molecule has 5 heteroatoms. The average molecular weight is 346 g/mol. The van der Waals surface area contributed by atoms with Crippen LogP contribution in [0, 0.1) is 6.92 Å². The molecule has 0 spiro atoms. The van der Waals surface area contributed by atoms with Crippen molar-refractivity contribution in [2.45, 2.75) is 44.0 Å². The molecule has 0 N–H and O–H groups in total. The Morgan fingerprint density at radius 3 is 2.25 bits per heavy atom. The number of hydroxylamine groups is 2. The monoisotopic (exact) mass is 346 g/mol. The average Bonchev–Trinajstić information content (AvgIpc) is 2.67. The Balaban J connectivity index is 2.07. The number of benzene rings is 2. The van der Waals surface area contributed by atoms with Crippen LogP contribution in [0.4, 0.5) is 5.69 Å². The minimum absolute atomic E-state index is 0.0462. The molecule has 2 aromatic carbocycles. The van der Waals surface area contributed by atoms with Crippen LogP contribution in [-0.2, 0) is 19.8 Å². The predicted octanol–water partition coefficient (Wildman–Crippen LogP) is 3.93. The third-order valence-corrected chi connectivity index (χ3v) is 6.78. The molecule has 2 unspecified atom stereocenters. The lowest BCUT2D eigenvalue weighted by molar-refractivity contribution is -0.0531. The van der Waals surface area contributed by atoms with Gasteiger partial charge in [0.15, 0.2) is 5.69 Å². The smallest absolute Gasteiger partial charge is 0.189 e. The van der Waals surface area contributed by atoms with Crippen molar-refractivity contribution in [3.63, 3.8) is 0 Å². The molecule has 128 valence electrons. The topological polar surface area (TPSA) is 43.4 Å². The molecule has 4 nitrogen and oxygen atoms in total. The van der Waals surface area contributed by atoms with Gasteiger partial charge in [0.2, 0.25) is 0 Å². The summed E-state index contributed by atoms with van der Waals surface area (Å²) in [6.07, 6.45) is 0. The van der Waals surface area contributed by atoms with Crippen molar-refractivity contribution in [1.82, 2.24) is 4.65 Å². The largest absolute Gasteiger partial charge is 0.343 e. The molecule has 1 aliphatic rings. The second-order valence-electron chi connectivity index (χ2n) is 7.25. The molecule has 0 bridgehead atoms. The number of nitrogens with zero attached hydrogens (tertiary/aromatic N) is 1. The molecule has 0 aliphatic carbocycles. The fourth-order valence-electron chi connectivity index (χ4n) is 3.51. The highest BCUT2D eigenvalue weighted by atomic mass is 32.2. The maximum Gasteiger partial charge on any atom is 0.343 e. The number of hydrogen-bond donors (Lipinski definition) is 0. The van der Waals surface area contributed by atoms with Gasteiger partial charge >= 0.3 is 10.1 Å². The van der Waals surface area contributed by atoms with Gasteiger partial charge in [-0.25, -0.2) is 0 Å². The number of rotatable bonds is 3. The van der Waals surface area contributed by atoms with Gasteiger partial charge < -0.3 is 0 Å². The minimum Gasteiger partial charge on any atom is -0.189 e. The first-order valence-corrected chi connectivity index (χ1v) is 9.49. The van der Waals surface area contributed by atoms with Gasteiger partial charge in [0.1, 0.15) is 13.1 Å². The van der Waals surface area contributed by atoms with Gasteiger partial charge in [-0.2, -0.15) is 8.42 Å². The van der Waals surface area contributed by atoms with Crippen LogP contribution in [0.1, 0.15) is 31.9 Å². The lowest BCUT2D eigenvalue weighted by Crippen LogP contribution is -2.54. The Morgan fingerprint density at radius 1 is 1.04 bits per heavy atom. The van der Waals surface area contributed by atoms with Gasteiger partial charge in [-0.1, -0.05) is 40.2 Å². The van der Waals surface area contributed by atoms with E-state index in [4.69, 9.17) is 4.28 Å². The minimum atomic E-state index is -3.87. The van der Waals surface area contributed by atoms with Crippen LogP contribution in [0.15, 0.2) is 53.4 Å². The summed E-state index contributed by atoms with van der Waals surface area (Å²) >= 11 is 0. The van der Waals surface area contributed by atoms with Crippen LogP contribution in [0.2, 0.25) is 0 Å². The molecule has 3 rings (SSSR count). The van der Waals surface area contributed by atoms with E-state index in [9.17, 15) is 8.42 Å². The first-order valence-electron chi connectivity index (χ1n) is 8.08. The first-order chi connectivity index (χ1) is 11.1. The van der Waals surface area contributed by atoms with E-state index in [2.05, 4.69) is 19.9 Å². The van der Waals surface area contributed by atoms with Crippen molar-refractivity contribution in [2.75, 3.05) is 7.05 Å². The Hall–Kier alpha value is -1.69. The van der Waals surface area contributed by atoms with Crippen molar-refractivity contribution in [1.29, 1.82) is 0 Å². The maximum atomic E-state index is 12.8. The van der Waals surface area contributed by atoms with E-state index < -0.39 is 10.1 Å². The summed E-state index contributed by atoms with van der Waals surface area (Å²) in [5, 5.41) is 0. The molecule has 1 heterocycles. The van der Waals surface area contributed by atoms with Gasteiger partial charge in [0, 0.05) is 11.6 Å². The van der Waals surface area contributed by atoms with Crippen LogP contribution < -0.4 is 4.65 Å². The number of para-hydroxylation sites is 1. The van der Waals surface area contributed by atoms with Gasteiger partial charge in [-0.3, -0.25) is 0 Å². The lowest BCUT2D eigenvalue weighted by atomic mass is 9.81. The van der Waals surface area contributed by atoms with Crippen LogP contribution in [0.3, 0.4) is 0 Å². The quantitative estimate of drug-likeness (QED) is 0.791. The predicted molar refractivity (Wildman–Crippen MR) is 96.1 cm³/mol. The Morgan fingerprint density at radius 2 is 1.62 bits per heavy atom. The molecule has 2 atom stereocenters. The zero-order valence-electron chi connectivity index (χ0n) is 14.8. The summed E-state index contributed by atoms with van der Waals surface area (Å²) in [4.78, 5) is 0.182. The van der Waals surface area contributed by atoms with E-state index >= 15 is 0 Å². The van der Waals surface area contributed by atoms with Crippen molar-refractivity contribution in [3.8, 4) is 0 Å². The van der Waals surface area contributed by atoms with E-state index in [1.165, 1.54) is 0 Å². The second kappa shape index (κ2) is 5.41. The van der Waals surface area contributed by atoms with Crippen LogP contribution in [-0.4, -0.2) is 21.5 Å². The van der Waals surface area contributed by atoms with Crippen LogP contribution >= 0.6 is 0 Å². The standard InChI is InChI=1S/C19H24NO3S/c1-14-10-12-16(13-11-14)24(21,22)23-20(5)15(2)19(3,4)17-8-6-7-9-18(17)20/h6-13,15H,1-5H3/q+1. The highest BCUT2D eigenvalue weighted by Crippen LogP contribution is 2.49. The van der Waals surface area contributed by atoms with Crippen molar-refractivity contribution < 1.29 is 12.7 Å². The van der Waals surface area contributed by atoms with E-state index in [-0.39, 0.29) is 21.0 Å². The third kappa shape index (κ3) is 2.48. The van der Waals surface area contributed by atoms with Gasteiger partial charge in [0.25, 0.3) is 0 Å². The molecule has 2 aromatic rings. The summed E-state index contributed by atoms with van der Waals surface area (Å²) in [6.45, 7) is 8.21. The van der Waals surface area contributed by atoms with E-state index in [1.54, 1.807) is 24.3 Å². The molecule has 0 fully saturated rings. The van der Waals surface area contributed by atoms with Crippen molar-refractivity contribution in [2.24, 2.45) is 0 Å². The number of quaternary nitrogens is 1. The zero-order chi connectivity index (χ0) is 17.8. The normalized spacial score (nSPS) is 25.5. The van der Waals surface area contributed by atoms with Gasteiger partial charge in [-0.05, 0) is 39.8 Å². The molecule has 0 aromatic heterocycles. The highest BCUT2D eigenvalue weighted by Gasteiger charge is 2.56. The molecule has 0 saturated heterocycles. The van der Waals surface area contributed by atoms with Crippen LogP contribution in [0.25, 0.3) is 0 Å². The zero-order valence-corrected chi connectivity index (χ0v) is 15.6.